The summed E-state index contributed by atoms with van der Waals surface area (Å²) in [6.07, 6.45) is 1.50. The molecule has 0 heterocycles. The summed E-state index contributed by atoms with van der Waals surface area (Å²) < 4.78 is 23.7. The third-order valence-electron chi connectivity index (χ3n) is 4.11. The van der Waals surface area contributed by atoms with Gasteiger partial charge in [0.25, 0.3) is 0 Å². The summed E-state index contributed by atoms with van der Waals surface area (Å²) in [6.45, 7) is 1.77. The third kappa shape index (κ3) is 25.3. The van der Waals surface area contributed by atoms with Gasteiger partial charge in [0.15, 0.2) is 12.7 Å². The van der Waals surface area contributed by atoms with Crippen molar-refractivity contribution in [3.05, 3.63) is 0 Å². The van der Waals surface area contributed by atoms with E-state index in [-0.39, 0.29) is 37.6 Å². The summed E-state index contributed by atoms with van der Waals surface area (Å²) in [5, 5.41) is 9.69. The molecular formula is C22H37IN2O11S. The summed E-state index contributed by atoms with van der Waals surface area (Å²) in [5.74, 6) is -2.94. The Morgan fingerprint density at radius 2 is 1.54 bits per heavy atom. The van der Waals surface area contributed by atoms with Gasteiger partial charge < -0.3 is 29.4 Å². The lowest BCUT2D eigenvalue weighted by Gasteiger charge is -2.18. The normalized spacial score (nSPS) is 11.2. The van der Waals surface area contributed by atoms with Crippen molar-refractivity contribution in [3.63, 3.8) is 0 Å². The number of amides is 1. The number of carbonyl (C=O) groups excluding carboxylic acids is 6. The first-order valence-corrected chi connectivity index (χ1v) is 14.4. The summed E-state index contributed by atoms with van der Waals surface area (Å²) in [7, 11) is 1.00. The van der Waals surface area contributed by atoms with Crippen LogP contribution in [0.2, 0.25) is 0 Å². The number of halogens is 1. The first-order valence-electron chi connectivity index (χ1n) is 11.5. The molecule has 1 amide bonds. The number of ketones is 1. The number of carbonyl (C=O) groups is 6. The number of nitrogens with zero attached hydrogens (tertiary/aromatic N) is 1. The molecular weight excluding hydrogens is 627 g/mol. The Morgan fingerprint density at radius 1 is 0.892 bits per heavy atom. The van der Waals surface area contributed by atoms with Gasteiger partial charge >= 0.3 is 23.9 Å². The molecule has 0 aliphatic rings. The Kier molecular flexibility index (Phi) is 25.5. The number of thiol groups is 1. The minimum Gasteiger partial charge on any atom is -0.462 e. The number of rotatable bonds is 19. The van der Waals surface area contributed by atoms with Crippen LogP contribution in [0.4, 0.5) is 0 Å². The Morgan fingerprint density at radius 3 is 2.14 bits per heavy atom. The van der Waals surface area contributed by atoms with Crippen molar-refractivity contribution >= 4 is 69.4 Å². The van der Waals surface area contributed by atoms with E-state index in [9.17, 15) is 28.8 Å². The van der Waals surface area contributed by atoms with Crippen LogP contribution in [-0.2, 0) is 47.7 Å². The van der Waals surface area contributed by atoms with Gasteiger partial charge in [-0.05, 0) is 25.7 Å². The highest BCUT2D eigenvalue weighted by molar-refractivity contribution is 14.2. The smallest absolute Gasteiger partial charge is 0.344 e. The lowest BCUT2D eigenvalue weighted by Crippen LogP contribution is -2.32. The van der Waals surface area contributed by atoms with Crippen molar-refractivity contribution in [1.29, 1.82) is 0 Å². The van der Waals surface area contributed by atoms with E-state index in [1.165, 1.54) is 0 Å². The van der Waals surface area contributed by atoms with Gasteiger partial charge in [-0.2, -0.15) is 2.55 Å². The predicted octanol–water partition coefficient (Wildman–Crippen LogP) is 1.59. The number of esters is 4. The molecule has 0 saturated carbocycles. The molecule has 1 atom stereocenters. The summed E-state index contributed by atoms with van der Waals surface area (Å²) in [5.41, 5.74) is 0. The number of aliphatic hydroxyl groups is 1. The third-order valence-corrected chi connectivity index (χ3v) is 6.33. The molecule has 15 heteroatoms. The molecule has 0 fully saturated rings. The average Bonchev–Trinajstić information content (AvgIpc) is 2.89. The van der Waals surface area contributed by atoms with E-state index in [4.69, 9.17) is 19.3 Å². The van der Waals surface area contributed by atoms with Crippen LogP contribution in [0.1, 0.15) is 58.8 Å². The number of aliphatic hydroxyl groups excluding tert-OH is 1. The number of hydrogen-bond acceptors (Lipinski definition) is 13. The highest BCUT2D eigenvalue weighted by Gasteiger charge is 2.20. The Hall–Kier alpha value is -2.14. The van der Waals surface area contributed by atoms with E-state index in [2.05, 4.69) is 25.4 Å². The number of nitrogens with one attached hydrogen (secondary N) is 1. The SMILES string of the molecule is CCC(=O)OCC(COC(=O)CCC(=O)NCCCCCC(=O)CI=NS)OC(=O)COC(C)=O.CO. The van der Waals surface area contributed by atoms with Crippen LogP contribution in [0.3, 0.4) is 0 Å². The summed E-state index contributed by atoms with van der Waals surface area (Å²) in [4.78, 5) is 69.2. The first kappa shape index (κ1) is 37.0. The number of hydrogen-bond donors (Lipinski definition) is 3. The molecule has 0 aromatic carbocycles. The van der Waals surface area contributed by atoms with Crippen LogP contribution in [-0.4, -0.2) is 84.7 Å². The molecule has 0 bridgehead atoms. The zero-order valence-electron chi connectivity index (χ0n) is 21.4. The predicted molar refractivity (Wildman–Crippen MR) is 143 cm³/mol. The maximum Gasteiger partial charge on any atom is 0.344 e. The molecule has 0 aromatic rings. The fourth-order valence-electron chi connectivity index (χ4n) is 2.36. The van der Waals surface area contributed by atoms with Crippen LogP contribution in [0, 0.1) is 0 Å². The fraction of sp³-hybridized carbons (Fsp3) is 0.727. The molecule has 0 radical (unpaired) electrons. The maximum atomic E-state index is 11.9. The second-order valence-electron chi connectivity index (χ2n) is 7.14. The van der Waals surface area contributed by atoms with E-state index < -0.39 is 64.2 Å². The van der Waals surface area contributed by atoms with Crippen LogP contribution in [0.25, 0.3) is 0 Å². The highest BCUT2D eigenvalue weighted by Crippen LogP contribution is 2.07. The maximum absolute atomic E-state index is 11.9. The fourth-order valence-corrected chi connectivity index (χ4v) is 3.63. The van der Waals surface area contributed by atoms with Crippen molar-refractivity contribution < 1.29 is 52.8 Å². The number of unbranched alkanes of at least 4 members (excludes halogenated alkanes) is 2. The molecule has 0 rings (SSSR count). The lowest BCUT2D eigenvalue weighted by atomic mass is 10.1. The zero-order valence-corrected chi connectivity index (χ0v) is 24.4. The zero-order chi connectivity index (χ0) is 28.5. The molecule has 2 N–H and O–H groups in total. The number of Topliss-reactive ketones (excluding diaryl/α,β-unsaturated/α-hetero) is 1. The Bertz CT molecular complexity index is 750. The van der Waals surface area contributed by atoms with Crippen LogP contribution in [0.5, 0.6) is 0 Å². The molecule has 0 saturated heterocycles. The second kappa shape index (κ2) is 25.5. The van der Waals surface area contributed by atoms with Gasteiger partial charge in [-0.1, -0.05) is 13.3 Å². The van der Waals surface area contributed by atoms with E-state index in [1.807, 2.05) is 0 Å². The lowest BCUT2D eigenvalue weighted by molar-refractivity contribution is -0.171. The van der Waals surface area contributed by atoms with Crippen molar-refractivity contribution in [2.24, 2.45) is 2.55 Å². The molecule has 0 aromatic heterocycles. The largest absolute Gasteiger partial charge is 0.462 e. The second-order valence-corrected chi connectivity index (χ2v) is 10.0. The number of alkyl halides is 1. The first-order chi connectivity index (χ1) is 17.7. The molecule has 13 nitrogen and oxygen atoms in total. The van der Waals surface area contributed by atoms with Gasteiger partial charge in [-0.15, -0.1) is 0 Å². The highest BCUT2D eigenvalue weighted by atomic mass is 127. The van der Waals surface area contributed by atoms with E-state index in [0.717, 1.165) is 26.9 Å². The monoisotopic (exact) mass is 664 g/mol. The summed E-state index contributed by atoms with van der Waals surface area (Å²) in [6, 6.07) is 0. The molecule has 214 valence electrons. The minimum atomic E-state index is -1.09. The van der Waals surface area contributed by atoms with Crippen LogP contribution in [0.15, 0.2) is 2.55 Å². The van der Waals surface area contributed by atoms with Crippen molar-refractivity contribution in [1.82, 2.24) is 5.32 Å². The molecule has 1 unspecified atom stereocenters. The quantitative estimate of drug-likeness (QED) is 0.0455. The summed E-state index contributed by atoms with van der Waals surface area (Å²) >= 11 is 3.26. The Balaban J connectivity index is 0. The van der Waals surface area contributed by atoms with Gasteiger partial charge in [0, 0.05) is 60.9 Å². The van der Waals surface area contributed by atoms with Gasteiger partial charge in [0.1, 0.15) is 19.0 Å². The van der Waals surface area contributed by atoms with Gasteiger partial charge in [-0.25, -0.2) is 4.79 Å². The minimum absolute atomic E-state index is 0.0874. The molecule has 0 spiro atoms. The molecule has 0 aliphatic heterocycles. The van der Waals surface area contributed by atoms with E-state index in [1.54, 1.807) is 6.92 Å². The van der Waals surface area contributed by atoms with E-state index >= 15 is 0 Å². The Labute approximate surface area is 232 Å². The van der Waals surface area contributed by atoms with Gasteiger partial charge in [0.2, 0.25) is 5.91 Å². The van der Waals surface area contributed by atoms with Crippen LogP contribution >= 0.6 is 33.8 Å². The van der Waals surface area contributed by atoms with Crippen molar-refractivity contribution in [2.75, 3.05) is 37.9 Å². The van der Waals surface area contributed by atoms with Crippen molar-refractivity contribution in [3.8, 4) is 0 Å². The van der Waals surface area contributed by atoms with Crippen molar-refractivity contribution in [2.45, 2.75) is 64.9 Å². The topological polar surface area (TPSA) is 184 Å². The van der Waals surface area contributed by atoms with Crippen LogP contribution < -0.4 is 5.32 Å². The molecule has 37 heavy (non-hydrogen) atoms. The standard InChI is InChI=1S/C21H33IN2O10S.CH4O/c1-3-19(28)32-12-17(34-21(30)14-31-15(2)25)13-33-20(29)9-8-18(27)23-10-6-4-5-7-16(26)11-22-24-35;1-2/h17,35H,3-14H2,1-2H3,(H,23,27);2H,1H3. The number of ether oxygens (including phenoxy) is 4. The average molecular weight is 665 g/mol. The van der Waals surface area contributed by atoms with Gasteiger partial charge in [-0.3, -0.25) is 24.0 Å². The van der Waals surface area contributed by atoms with Gasteiger partial charge in [0.05, 0.1) is 10.8 Å². The molecule has 0 aliphatic carbocycles. The van der Waals surface area contributed by atoms with E-state index in [0.29, 0.717) is 23.8 Å².